The summed E-state index contributed by atoms with van der Waals surface area (Å²) in [4.78, 5) is 12.4. The van der Waals surface area contributed by atoms with E-state index in [2.05, 4.69) is 5.32 Å². The predicted molar refractivity (Wildman–Crippen MR) is 85.4 cm³/mol. The number of carbonyl (C=O) groups is 1. The minimum Gasteiger partial charge on any atom is -0.353 e. The number of benzene rings is 1. The maximum absolute atomic E-state index is 12.4. The van der Waals surface area contributed by atoms with Crippen molar-refractivity contribution in [3.63, 3.8) is 0 Å². The largest absolute Gasteiger partial charge is 0.353 e. The fraction of sp³-hybridized carbons (Fsp3) is 0.533. The van der Waals surface area contributed by atoms with E-state index in [1.54, 1.807) is 0 Å². The number of carbonyl (C=O) groups excluding carboxylic acids is 1. The first-order valence-electron chi connectivity index (χ1n) is 7.43. The van der Waals surface area contributed by atoms with Crippen LogP contribution in [0.25, 0.3) is 0 Å². The van der Waals surface area contributed by atoms with E-state index in [0.717, 1.165) is 11.1 Å². The van der Waals surface area contributed by atoms with E-state index in [4.69, 9.17) is 5.14 Å². The Balaban J connectivity index is 1.92. The van der Waals surface area contributed by atoms with Crippen molar-refractivity contribution >= 4 is 16.1 Å². The lowest BCUT2D eigenvalue weighted by atomic mass is 9.95. The van der Waals surface area contributed by atoms with Gasteiger partial charge in [0.2, 0.25) is 5.91 Å². The predicted octanol–water partition coefficient (Wildman–Crippen LogP) is 0.883. The van der Waals surface area contributed by atoms with Gasteiger partial charge >= 0.3 is 0 Å². The van der Waals surface area contributed by atoms with Gasteiger partial charge in [0.05, 0.1) is 5.92 Å². The Kier molecular flexibility index (Phi) is 5.20. The summed E-state index contributed by atoms with van der Waals surface area (Å²) < 4.78 is 23.8. The normalized spacial score (nSPS) is 18.9. The van der Waals surface area contributed by atoms with Crippen molar-refractivity contribution in [2.75, 3.05) is 13.1 Å². The molecule has 0 spiro atoms. The Labute approximate surface area is 131 Å². The molecule has 0 bridgehead atoms. The third-order valence-electron chi connectivity index (χ3n) is 4.21. The molecule has 22 heavy (non-hydrogen) atoms. The number of rotatable bonds is 4. The van der Waals surface area contributed by atoms with Gasteiger partial charge in [-0.05, 0) is 37.8 Å². The van der Waals surface area contributed by atoms with E-state index in [0.29, 0.717) is 25.9 Å². The van der Waals surface area contributed by atoms with Crippen molar-refractivity contribution < 1.29 is 13.2 Å². The van der Waals surface area contributed by atoms with Gasteiger partial charge in [0.1, 0.15) is 0 Å². The van der Waals surface area contributed by atoms with E-state index in [1.807, 2.05) is 38.1 Å². The highest BCUT2D eigenvalue weighted by Crippen LogP contribution is 2.20. The molecule has 1 unspecified atom stereocenters. The Morgan fingerprint density at radius 2 is 1.91 bits per heavy atom. The zero-order valence-corrected chi connectivity index (χ0v) is 13.8. The van der Waals surface area contributed by atoms with Crippen molar-refractivity contribution in [2.24, 2.45) is 5.14 Å². The lowest BCUT2D eigenvalue weighted by Crippen LogP contribution is -2.48. The number of nitrogens with two attached hydrogens (primary N) is 1. The summed E-state index contributed by atoms with van der Waals surface area (Å²) in [6.45, 7) is 4.58. The van der Waals surface area contributed by atoms with Gasteiger partial charge in [-0.2, -0.15) is 12.7 Å². The summed E-state index contributed by atoms with van der Waals surface area (Å²) in [6.07, 6.45) is 1.17. The van der Waals surface area contributed by atoms with Crippen LogP contribution in [0.15, 0.2) is 24.3 Å². The van der Waals surface area contributed by atoms with Gasteiger partial charge in [0, 0.05) is 19.1 Å². The van der Waals surface area contributed by atoms with Crippen molar-refractivity contribution in [3.05, 3.63) is 35.4 Å². The van der Waals surface area contributed by atoms with E-state index < -0.39 is 10.2 Å². The second-order valence-electron chi connectivity index (χ2n) is 5.81. The van der Waals surface area contributed by atoms with Gasteiger partial charge < -0.3 is 5.32 Å². The summed E-state index contributed by atoms with van der Waals surface area (Å²) in [5.74, 6) is -0.249. The maximum atomic E-state index is 12.4. The van der Waals surface area contributed by atoms with Crippen molar-refractivity contribution in [3.8, 4) is 0 Å². The molecule has 1 aliphatic heterocycles. The first-order chi connectivity index (χ1) is 10.3. The standard InChI is InChI=1S/C15H23N3O3S/c1-11-5-3-4-6-14(11)12(2)15(19)17-13-7-9-18(10-8-13)22(16,20)21/h3-6,12-13H,7-10H2,1-2H3,(H,17,19)(H2,16,20,21). The third kappa shape index (κ3) is 4.06. The molecule has 1 atom stereocenters. The van der Waals surface area contributed by atoms with Crippen LogP contribution in [0.4, 0.5) is 0 Å². The number of piperidine rings is 1. The number of amides is 1. The molecule has 1 fully saturated rings. The van der Waals surface area contributed by atoms with Crippen LogP contribution in [0.3, 0.4) is 0 Å². The molecular weight excluding hydrogens is 302 g/mol. The molecule has 0 aromatic heterocycles. The van der Waals surface area contributed by atoms with Gasteiger partial charge in [0.15, 0.2) is 0 Å². The molecule has 1 aromatic rings. The van der Waals surface area contributed by atoms with Crippen LogP contribution in [0.5, 0.6) is 0 Å². The van der Waals surface area contributed by atoms with Gasteiger partial charge in [-0.25, -0.2) is 5.14 Å². The summed E-state index contributed by atoms with van der Waals surface area (Å²) >= 11 is 0. The number of nitrogens with one attached hydrogen (secondary N) is 1. The van der Waals surface area contributed by atoms with E-state index >= 15 is 0 Å². The molecule has 3 N–H and O–H groups in total. The molecule has 1 aliphatic rings. The molecule has 1 saturated heterocycles. The van der Waals surface area contributed by atoms with Crippen LogP contribution >= 0.6 is 0 Å². The zero-order valence-electron chi connectivity index (χ0n) is 13.0. The smallest absolute Gasteiger partial charge is 0.276 e. The van der Waals surface area contributed by atoms with Crippen LogP contribution < -0.4 is 10.5 Å². The molecule has 7 heteroatoms. The molecule has 122 valence electrons. The molecule has 0 saturated carbocycles. The minimum atomic E-state index is -3.62. The Morgan fingerprint density at radius 1 is 1.32 bits per heavy atom. The fourth-order valence-electron chi connectivity index (χ4n) is 2.79. The molecular formula is C15H23N3O3S. The Hall–Kier alpha value is -1.44. The lowest BCUT2D eigenvalue weighted by molar-refractivity contribution is -0.123. The topological polar surface area (TPSA) is 92.5 Å². The van der Waals surface area contributed by atoms with E-state index in [9.17, 15) is 13.2 Å². The van der Waals surface area contributed by atoms with E-state index in [1.165, 1.54) is 4.31 Å². The van der Waals surface area contributed by atoms with E-state index in [-0.39, 0.29) is 17.9 Å². The summed E-state index contributed by atoms with van der Waals surface area (Å²) in [7, 11) is -3.62. The highest BCUT2D eigenvalue weighted by molar-refractivity contribution is 7.86. The van der Waals surface area contributed by atoms with Crippen LogP contribution in [0.2, 0.25) is 0 Å². The summed E-state index contributed by atoms with van der Waals surface area (Å²) in [5.41, 5.74) is 2.11. The molecule has 1 aromatic carbocycles. The van der Waals surface area contributed by atoms with Crippen LogP contribution in [0.1, 0.15) is 36.8 Å². The number of hydrogen-bond acceptors (Lipinski definition) is 3. The lowest BCUT2D eigenvalue weighted by Gasteiger charge is -2.31. The fourth-order valence-corrected chi connectivity index (χ4v) is 3.51. The van der Waals surface area contributed by atoms with Gasteiger partial charge in [0.25, 0.3) is 10.2 Å². The molecule has 2 rings (SSSR count). The van der Waals surface area contributed by atoms with Gasteiger partial charge in [-0.1, -0.05) is 24.3 Å². The van der Waals surface area contributed by atoms with Crippen LogP contribution in [-0.2, 0) is 15.0 Å². The Morgan fingerprint density at radius 3 is 2.45 bits per heavy atom. The second kappa shape index (κ2) is 6.76. The highest BCUT2D eigenvalue weighted by Gasteiger charge is 2.27. The molecule has 1 heterocycles. The van der Waals surface area contributed by atoms with Gasteiger partial charge in [-0.3, -0.25) is 4.79 Å². The SMILES string of the molecule is Cc1ccccc1C(C)C(=O)NC1CCN(S(N)(=O)=O)CC1. The minimum absolute atomic E-state index is 0.00281. The summed E-state index contributed by atoms with van der Waals surface area (Å²) in [6, 6.07) is 7.83. The number of aryl methyl sites for hydroxylation is 1. The van der Waals surface area contributed by atoms with Crippen molar-refractivity contribution in [2.45, 2.75) is 38.6 Å². The van der Waals surface area contributed by atoms with Crippen molar-refractivity contribution in [1.82, 2.24) is 9.62 Å². The molecule has 0 aliphatic carbocycles. The molecule has 6 nitrogen and oxygen atoms in total. The van der Waals surface area contributed by atoms with Gasteiger partial charge in [-0.15, -0.1) is 0 Å². The maximum Gasteiger partial charge on any atom is 0.276 e. The first-order valence-corrected chi connectivity index (χ1v) is 8.93. The molecule has 0 radical (unpaired) electrons. The third-order valence-corrected chi connectivity index (χ3v) is 5.29. The van der Waals surface area contributed by atoms with Crippen LogP contribution in [0, 0.1) is 6.92 Å². The van der Waals surface area contributed by atoms with Crippen LogP contribution in [-0.4, -0.2) is 37.8 Å². The number of hydrogen-bond donors (Lipinski definition) is 2. The number of nitrogens with zero attached hydrogens (tertiary/aromatic N) is 1. The zero-order chi connectivity index (χ0) is 16.3. The summed E-state index contributed by atoms with van der Waals surface area (Å²) in [5, 5.41) is 8.12. The van der Waals surface area contributed by atoms with Crippen molar-refractivity contribution in [1.29, 1.82) is 0 Å². The Bertz CT molecular complexity index is 637. The average molecular weight is 325 g/mol. The highest BCUT2D eigenvalue weighted by atomic mass is 32.2. The second-order valence-corrected chi connectivity index (χ2v) is 7.35. The average Bonchev–Trinajstić information content (AvgIpc) is 2.46. The first kappa shape index (κ1) is 16.9. The quantitative estimate of drug-likeness (QED) is 0.861. The monoisotopic (exact) mass is 325 g/mol. The molecule has 1 amide bonds.